The Morgan fingerprint density at radius 1 is 1.32 bits per heavy atom. The molecular formula is C14H27N5. The molecule has 1 aliphatic carbocycles. The van der Waals surface area contributed by atoms with Gasteiger partial charge in [-0.05, 0) is 35.1 Å². The predicted molar refractivity (Wildman–Crippen MR) is 75.6 cm³/mol. The van der Waals surface area contributed by atoms with Gasteiger partial charge >= 0.3 is 0 Å². The third-order valence-corrected chi connectivity index (χ3v) is 3.77. The van der Waals surface area contributed by atoms with Crippen LogP contribution < -0.4 is 5.32 Å². The Hall–Kier alpha value is -0.970. The van der Waals surface area contributed by atoms with Crippen molar-refractivity contribution in [2.24, 2.45) is 5.41 Å². The molecule has 1 heterocycles. The zero-order chi connectivity index (χ0) is 13.7. The van der Waals surface area contributed by atoms with Crippen LogP contribution in [0.25, 0.3) is 0 Å². The minimum absolute atomic E-state index is 0.263. The van der Waals surface area contributed by atoms with Crippen LogP contribution in [0.4, 0.5) is 0 Å². The molecule has 1 aromatic heterocycles. The van der Waals surface area contributed by atoms with Crippen LogP contribution in [0.1, 0.15) is 65.1 Å². The van der Waals surface area contributed by atoms with Crippen LogP contribution in [0.2, 0.25) is 0 Å². The smallest absolute Gasteiger partial charge is 0.165 e. The fourth-order valence-corrected chi connectivity index (χ4v) is 2.33. The third kappa shape index (κ3) is 4.90. The van der Waals surface area contributed by atoms with Crippen molar-refractivity contribution in [2.45, 2.75) is 78.4 Å². The van der Waals surface area contributed by atoms with Gasteiger partial charge < -0.3 is 5.32 Å². The molecule has 1 N–H and O–H groups in total. The minimum atomic E-state index is 0.263. The lowest BCUT2D eigenvalue weighted by Crippen LogP contribution is -2.25. The van der Waals surface area contributed by atoms with E-state index >= 15 is 0 Å². The highest BCUT2D eigenvalue weighted by molar-refractivity contribution is 4.87. The fraction of sp³-hybridized carbons (Fsp3) is 0.929. The van der Waals surface area contributed by atoms with Gasteiger partial charge in [-0.3, -0.25) is 0 Å². The molecule has 0 aliphatic heterocycles. The van der Waals surface area contributed by atoms with Gasteiger partial charge in [0, 0.05) is 12.6 Å². The Balaban J connectivity index is 1.84. The maximum absolute atomic E-state index is 4.14. The maximum atomic E-state index is 4.14. The summed E-state index contributed by atoms with van der Waals surface area (Å²) < 4.78 is 1.97. The normalized spacial score (nSPS) is 15.9. The number of unbranched alkanes of at least 4 members (excludes halogenated alkanes) is 2. The van der Waals surface area contributed by atoms with E-state index in [1.165, 1.54) is 38.5 Å². The summed E-state index contributed by atoms with van der Waals surface area (Å²) in [4.78, 5) is 0. The molecule has 0 spiro atoms. The Morgan fingerprint density at radius 2 is 2.11 bits per heavy atom. The molecule has 5 heteroatoms. The highest BCUT2D eigenvalue weighted by Gasteiger charge is 2.23. The van der Waals surface area contributed by atoms with Gasteiger partial charge in [0.1, 0.15) is 0 Å². The van der Waals surface area contributed by atoms with Crippen molar-refractivity contribution in [3.63, 3.8) is 0 Å². The first-order chi connectivity index (χ1) is 9.11. The van der Waals surface area contributed by atoms with Gasteiger partial charge in [-0.25, -0.2) is 4.68 Å². The standard InChI is InChI=1S/C14H27N5/c1-4-5-6-9-14(2,3)11-19-13(16-17-18-19)10-15-12-7-8-12/h12,15H,4-11H2,1-3H3. The molecule has 0 bridgehead atoms. The van der Waals surface area contributed by atoms with Crippen LogP contribution in [0.5, 0.6) is 0 Å². The first kappa shape index (κ1) is 14.4. The van der Waals surface area contributed by atoms with E-state index in [1.807, 2.05) is 4.68 Å². The molecule has 0 amide bonds. The summed E-state index contributed by atoms with van der Waals surface area (Å²) >= 11 is 0. The zero-order valence-electron chi connectivity index (χ0n) is 12.5. The second-order valence-corrected chi connectivity index (χ2v) is 6.53. The number of tetrazole rings is 1. The average molecular weight is 265 g/mol. The van der Waals surface area contributed by atoms with E-state index in [9.17, 15) is 0 Å². The summed E-state index contributed by atoms with van der Waals surface area (Å²) in [5.74, 6) is 0.968. The number of aromatic nitrogens is 4. The third-order valence-electron chi connectivity index (χ3n) is 3.77. The van der Waals surface area contributed by atoms with Crippen molar-refractivity contribution in [3.05, 3.63) is 5.82 Å². The Labute approximate surface area is 116 Å². The van der Waals surface area contributed by atoms with Gasteiger partial charge in [-0.1, -0.05) is 40.0 Å². The predicted octanol–water partition coefficient (Wildman–Crippen LogP) is 2.53. The summed E-state index contributed by atoms with van der Waals surface area (Å²) in [6, 6.07) is 0.697. The molecule has 1 aliphatic rings. The maximum Gasteiger partial charge on any atom is 0.165 e. The van der Waals surface area contributed by atoms with E-state index < -0.39 is 0 Å². The number of rotatable bonds is 9. The van der Waals surface area contributed by atoms with Crippen LogP contribution in [-0.4, -0.2) is 26.2 Å². The SMILES string of the molecule is CCCCCC(C)(C)Cn1nnnc1CNC1CC1. The monoisotopic (exact) mass is 265 g/mol. The van der Waals surface area contributed by atoms with E-state index in [4.69, 9.17) is 0 Å². The van der Waals surface area contributed by atoms with E-state index in [1.54, 1.807) is 0 Å². The highest BCUT2D eigenvalue weighted by atomic mass is 15.5. The fourth-order valence-electron chi connectivity index (χ4n) is 2.33. The van der Waals surface area contributed by atoms with Crippen molar-refractivity contribution < 1.29 is 0 Å². The summed E-state index contributed by atoms with van der Waals surface area (Å²) in [5.41, 5.74) is 0.263. The van der Waals surface area contributed by atoms with E-state index in [2.05, 4.69) is 41.6 Å². The molecule has 0 aromatic carbocycles. The van der Waals surface area contributed by atoms with Crippen LogP contribution in [0.3, 0.4) is 0 Å². The van der Waals surface area contributed by atoms with Crippen LogP contribution >= 0.6 is 0 Å². The van der Waals surface area contributed by atoms with Crippen LogP contribution in [0, 0.1) is 5.41 Å². The Morgan fingerprint density at radius 3 is 2.79 bits per heavy atom. The van der Waals surface area contributed by atoms with Crippen molar-refractivity contribution in [1.82, 2.24) is 25.5 Å². The van der Waals surface area contributed by atoms with E-state index in [-0.39, 0.29) is 5.41 Å². The molecule has 2 rings (SSSR count). The molecule has 0 unspecified atom stereocenters. The van der Waals surface area contributed by atoms with Crippen molar-refractivity contribution >= 4 is 0 Å². The number of hydrogen-bond acceptors (Lipinski definition) is 4. The number of nitrogens with zero attached hydrogens (tertiary/aromatic N) is 4. The van der Waals surface area contributed by atoms with Gasteiger partial charge in [-0.15, -0.1) is 5.10 Å². The first-order valence-electron chi connectivity index (χ1n) is 7.59. The van der Waals surface area contributed by atoms with E-state index in [0.717, 1.165) is 18.9 Å². The lowest BCUT2D eigenvalue weighted by atomic mass is 9.87. The number of hydrogen-bond donors (Lipinski definition) is 1. The zero-order valence-corrected chi connectivity index (χ0v) is 12.5. The molecule has 1 aromatic rings. The molecular weight excluding hydrogens is 238 g/mol. The lowest BCUT2D eigenvalue weighted by molar-refractivity contribution is 0.252. The summed E-state index contributed by atoms with van der Waals surface area (Å²) in [6.07, 6.45) is 7.71. The molecule has 19 heavy (non-hydrogen) atoms. The van der Waals surface area contributed by atoms with Crippen LogP contribution in [0.15, 0.2) is 0 Å². The van der Waals surface area contributed by atoms with Crippen molar-refractivity contribution in [1.29, 1.82) is 0 Å². The van der Waals surface area contributed by atoms with Gasteiger partial charge in [0.05, 0.1) is 6.54 Å². The molecule has 1 saturated carbocycles. The Kier molecular flexibility index (Phi) is 4.91. The van der Waals surface area contributed by atoms with Crippen molar-refractivity contribution in [3.8, 4) is 0 Å². The second-order valence-electron chi connectivity index (χ2n) is 6.53. The Bertz CT molecular complexity index is 381. The molecule has 108 valence electrons. The summed E-state index contributed by atoms with van der Waals surface area (Å²) in [6.45, 7) is 8.56. The van der Waals surface area contributed by atoms with E-state index in [0.29, 0.717) is 6.04 Å². The topological polar surface area (TPSA) is 55.6 Å². The van der Waals surface area contributed by atoms with Gasteiger partial charge in [0.25, 0.3) is 0 Å². The highest BCUT2D eigenvalue weighted by Crippen LogP contribution is 2.26. The van der Waals surface area contributed by atoms with Crippen LogP contribution in [-0.2, 0) is 13.1 Å². The quantitative estimate of drug-likeness (QED) is 0.697. The average Bonchev–Trinajstić information content (AvgIpc) is 3.08. The molecule has 0 atom stereocenters. The summed E-state index contributed by atoms with van der Waals surface area (Å²) in [7, 11) is 0. The minimum Gasteiger partial charge on any atom is -0.307 e. The number of nitrogens with one attached hydrogen (secondary N) is 1. The lowest BCUT2D eigenvalue weighted by Gasteiger charge is -2.24. The molecule has 0 radical (unpaired) electrons. The van der Waals surface area contributed by atoms with Gasteiger partial charge in [0.2, 0.25) is 0 Å². The largest absolute Gasteiger partial charge is 0.307 e. The molecule has 0 saturated heterocycles. The van der Waals surface area contributed by atoms with Gasteiger partial charge in [0.15, 0.2) is 5.82 Å². The molecule has 5 nitrogen and oxygen atoms in total. The first-order valence-corrected chi connectivity index (χ1v) is 7.59. The van der Waals surface area contributed by atoms with Gasteiger partial charge in [-0.2, -0.15) is 0 Å². The summed E-state index contributed by atoms with van der Waals surface area (Å²) in [5, 5.41) is 15.6. The second kappa shape index (κ2) is 6.46. The van der Waals surface area contributed by atoms with Crippen molar-refractivity contribution in [2.75, 3.05) is 0 Å². The molecule has 1 fully saturated rings.